The van der Waals surface area contributed by atoms with Gasteiger partial charge in [0.2, 0.25) is 11.8 Å². The van der Waals surface area contributed by atoms with Crippen molar-refractivity contribution in [1.82, 2.24) is 9.88 Å². The zero-order chi connectivity index (χ0) is 23.5. The summed E-state index contributed by atoms with van der Waals surface area (Å²) in [4.78, 5) is 29.9. The van der Waals surface area contributed by atoms with Gasteiger partial charge < -0.3 is 15.2 Å². The number of benzene rings is 1. The molecule has 2 aromatic rings. The Hall–Kier alpha value is -3.60. The van der Waals surface area contributed by atoms with E-state index in [9.17, 15) is 20.0 Å². The molecule has 8 heteroatoms. The van der Waals surface area contributed by atoms with Gasteiger partial charge in [0, 0.05) is 11.6 Å². The Kier molecular flexibility index (Phi) is 6.68. The van der Waals surface area contributed by atoms with Crippen molar-refractivity contribution in [2.24, 2.45) is 0 Å². The molecule has 0 spiro atoms. The number of carboxylic acid groups (broad SMARTS) is 1. The fourth-order valence-corrected chi connectivity index (χ4v) is 3.67. The molecule has 0 saturated heterocycles. The lowest BCUT2D eigenvalue weighted by molar-refractivity contribution is -0.122. The molecule has 1 aliphatic rings. The average Bonchev–Trinajstić information content (AvgIpc) is 3.57. The monoisotopic (exact) mass is 436 g/mol. The molecule has 1 fully saturated rings. The molecule has 168 valence electrons. The van der Waals surface area contributed by atoms with Crippen LogP contribution in [0.3, 0.4) is 0 Å². The molecular formula is C24H28N4O4. The number of aromatic nitrogens is 1. The third-order valence-electron chi connectivity index (χ3n) is 5.32. The number of amides is 2. The summed E-state index contributed by atoms with van der Waals surface area (Å²) in [6.07, 6.45) is 2.82. The highest BCUT2D eigenvalue weighted by atomic mass is 16.5. The summed E-state index contributed by atoms with van der Waals surface area (Å²) in [6, 6.07) is 10.0. The highest BCUT2D eigenvalue weighted by molar-refractivity contribution is 5.96. The molecule has 1 saturated carbocycles. The molecule has 1 aromatic carbocycles. The van der Waals surface area contributed by atoms with E-state index in [-0.39, 0.29) is 0 Å². The van der Waals surface area contributed by atoms with Gasteiger partial charge in [-0.15, -0.1) is 0 Å². The maximum atomic E-state index is 12.8. The van der Waals surface area contributed by atoms with E-state index in [2.05, 4.69) is 16.4 Å². The van der Waals surface area contributed by atoms with Gasteiger partial charge in [0.1, 0.15) is 11.8 Å². The third-order valence-corrected chi connectivity index (χ3v) is 5.32. The summed E-state index contributed by atoms with van der Waals surface area (Å²) < 4.78 is 5.82. The first kappa shape index (κ1) is 23.1. The number of nitrogens with one attached hydrogen (secondary N) is 1. The number of hydrogen-bond donors (Lipinski definition) is 2. The van der Waals surface area contributed by atoms with Crippen LogP contribution < -0.4 is 10.1 Å². The summed E-state index contributed by atoms with van der Waals surface area (Å²) in [6.45, 7) is 7.03. The lowest BCUT2D eigenvalue weighted by atomic mass is 10.0. The summed E-state index contributed by atoms with van der Waals surface area (Å²) in [5.74, 6) is 0.956. The maximum absolute atomic E-state index is 12.8. The fraction of sp³-hybridized carbons (Fsp3) is 0.417. The summed E-state index contributed by atoms with van der Waals surface area (Å²) >= 11 is 0. The Morgan fingerprint density at radius 3 is 2.53 bits per heavy atom. The van der Waals surface area contributed by atoms with Crippen LogP contribution in [-0.4, -0.2) is 38.6 Å². The number of nitriles is 1. The molecule has 1 aliphatic carbocycles. The van der Waals surface area contributed by atoms with E-state index in [1.165, 1.54) is 6.20 Å². The Labute approximate surface area is 187 Å². The van der Waals surface area contributed by atoms with E-state index in [0.717, 1.165) is 23.3 Å². The van der Waals surface area contributed by atoms with Gasteiger partial charge in [0.15, 0.2) is 0 Å². The van der Waals surface area contributed by atoms with Gasteiger partial charge in [-0.2, -0.15) is 5.26 Å². The van der Waals surface area contributed by atoms with Crippen LogP contribution in [0.5, 0.6) is 11.6 Å². The smallest absolute Gasteiger partial charge is 0.408 e. The van der Waals surface area contributed by atoms with Crippen molar-refractivity contribution in [2.75, 3.05) is 5.32 Å². The topological polar surface area (TPSA) is 116 Å². The minimum Gasteiger partial charge on any atom is -0.465 e. The molecule has 2 amide bonds. The molecule has 0 aliphatic heterocycles. The van der Waals surface area contributed by atoms with Crippen molar-refractivity contribution in [3.05, 3.63) is 47.7 Å². The van der Waals surface area contributed by atoms with Crippen LogP contribution in [-0.2, 0) is 4.79 Å². The molecule has 8 nitrogen and oxygen atoms in total. The van der Waals surface area contributed by atoms with Gasteiger partial charge in [-0.3, -0.25) is 9.69 Å². The lowest BCUT2D eigenvalue weighted by Crippen LogP contribution is -2.55. The molecule has 3 rings (SSSR count). The van der Waals surface area contributed by atoms with Crippen LogP contribution in [0.2, 0.25) is 0 Å². The van der Waals surface area contributed by atoms with Gasteiger partial charge >= 0.3 is 6.09 Å². The predicted octanol–water partition coefficient (Wildman–Crippen LogP) is 5.12. The normalized spacial score (nSPS) is 14.2. The predicted molar refractivity (Wildman–Crippen MR) is 120 cm³/mol. The number of hydrogen-bond acceptors (Lipinski definition) is 5. The highest BCUT2D eigenvalue weighted by Gasteiger charge is 2.36. The van der Waals surface area contributed by atoms with E-state index >= 15 is 0 Å². The van der Waals surface area contributed by atoms with Crippen LogP contribution in [0.15, 0.2) is 36.5 Å². The van der Waals surface area contributed by atoms with Crippen LogP contribution in [0.1, 0.15) is 64.0 Å². The Morgan fingerprint density at radius 1 is 1.31 bits per heavy atom. The molecule has 2 N–H and O–H groups in total. The number of anilines is 1. The largest absolute Gasteiger partial charge is 0.465 e. The SMILES string of the molecule is CC[C@H](C(=O)Nc1ccc(Oc2ccc(C#N)c(C3CC3)c2)nc1)N(C(=O)O)C(C)(C)C. The first-order valence-electron chi connectivity index (χ1n) is 10.6. The first-order valence-corrected chi connectivity index (χ1v) is 10.6. The van der Waals surface area contributed by atoms with Crippen LogP contribution in [0.25, 0.3) is 0 Å². The molecule has 1 atom stereocenters. The number of rotatable bonds is 7. The second kappa shape index (κ2) is 9.27. The second-order valence-corrected chi connectivity index (χ2v) is 8.86. The van der Waals surface area contributed by atoms with Crippen molar-refractivity contribution in [1.29, 1.82) is 5.26 Å². The summed E-state index contributed by atoms with van der Waals surface area (Å²) in [5, 5.41) is 21.6. The van der Waals surface area contributed by atoms with E-state index in [1.54, 1.807) is 52.0 Å². The summed E-state index contributed by atoms with van der Waals surface area (Å²) in [5.41, 5.74) is 1.39. The quantitative estimate of drug-likeness (QED) is 0.622. The van der Waals surface area contributed by atoms with Crippen molar-refractivity contribution in [2.45, 2.75) is 64.5 Å². The molecule has 0 radical (unpaired) electrons. The number of nitrogens with zero attached hydrogens (tertiary/aromatic N) is 3. The zero-order valence-corrected chi connectivity index (χ0v) is 18.8. The van der Waals surface area contributed by atoms with Crippen molar-refractivity contribution in [3.8, 4) is 17.7 Å². The van der Waals surface area contributed by atoms with Crippen LogP contribution in [0.4, 0.5) is 10.5 Å². The number of pyridine rings is 1. The van der Waals surface area contributed by atoms with Crippen molar-refractivity contribution in [3.63, 3.8) is 0 Å². The summed E-state index contributed by atoms with van der Waals surface area (Å²) in [7, 11) is 0. The van der Waals surface area contributed by atoms with E-state index in [4.69, 9.17) is 4.74 Å². The average molecular weight is 437 g/mol. The van der Waals surface area contributed by atoms with E-state index in [1.807, 2.05) is 6.07 Å². The number of ether oxygens (including phenoxy) is 1. The third kappa shape index (κ3) is 5.35. The van der Waals surface area contributed by atoms with Gasteiger partial charge in [-0.05, 0) is 75.8 Å². The lowest BCUT2D eigenvalue weighted by Gasteiger charge is -2.38. The minimum absolute atomic E-state index is 0.339. The van der Waals surface area contributed by atoms with Crippen LogP contribution in [0, 0.1) is 11.3 Å². The minimum atomic E-state index is -1.14. The van der Waals surface area contributed by atoms with E-state index in [0.29, 0.717) is 35.2 Å². The Balaban J connectivity index is 1.69. The van der Waals surface area contributed by atoms with Gasteiger partial charge in [-0.25, -0.2) is 9.78 Å². The van der Waals surface area contributed by atoms with Gasteiger partial charge in [0.25, 0.3) is 0 Å². The van der Waals surface area contributed by atoms with Gasteiger partial charge in [0.05, 0.1) is 23.5 Å². The number of carbonyl (C=O) groups is 2. The number of carbonyl (C=O) groups excluding carboxylic acids is 1. The fourth-order valence-electron chi connectivity index (χ4n) is 3.67. The molecule has 1 aromatic heterocycles. The molecule has 32 heavy (non-hydrogen) atoms. The Bertz CT molecular complexity index is 1030. The molecular weight excluding hydrogens is 408 g/mol. The molecule has 1 heterocycles. The molecule has 0 bridgehead atoms. The standard InChI is InChI=1S/C24H28N4O4/c1-5-20(28(23(30)31)24(2,3)4)22(29)27-17-9-11-21(26-14-17)32-18-10-8-16(13-25)19(12-18)15-6-7-15/h8-12,14-15,20H,5-7H2,1-4H3,(H,27,29)(H,30,31)/t20-/m1/s1. The first-order chi connectivity index (χ1) is 15.1. The highest BCUT2D eigenvalue weighted by Crippen LogP contribution is 2.43. The maximum Gasteiger partial charge on any atom is 0.408 e. The van der Waals surface area contributed by atoms with Gasteiger partial charge in [-0.1, -0.05) is 6.92 Å². The second-order valence-electron chi connectivity index (χ2n) is 8.86. The van der Waals surface area contributed by atoms with Crippen molar-refractivity contribution < 1.29 is 19.4 Å². The molecule has 0 unspecified atom stereocenters. The Morgan fingerprint density at radius 2 is 2.03 bits per heavy atom. The van der Waals surface area contributed by atoms with Crippen LogP contribution >= 0.6 is 0 Å². The zero-order valence-electron chi connectivity index (χ0n) is 18.8. The van der Waals surface area contributed by atoms with E-state index < -0.39 is 23.6 Å². The van der Waals surface area contributed by atoms with Crippen molar-refractivity contribution >= 4 is 17.7 Å².